The SMILES string of the molecule is Fc1cc(OCCNc2cccc(Br)c2)c(Br)cc1Cl. The zero-order valence-electron chi connectivity index (χ0n) is 10.3. The van der Waals surface area contributed by atoms with E-state index in [-0.39, 0.29) is 5.02 Å². The molecule has 20 heavy (non-hydrogen) atoms. The number of nitrogens with one attached hydrogen (secondary N) is 1. The highest BCUT2D eigenvalue weighted by Crippen LogP contribution is 2.30. The number of anilines is 1. The number of halogens is 4. The van der Waals surface area contributed by atoms with Crippen LogP contribution >= 0.6 is 43.5 Å². The van der Waals surface area contributed by atoms with Crippen LogP contribution in [-0.4, -0.2) is 13.2 Å². The van der Waals surface area contributed by atoms with Crippen molar-refractivity contribution in [3.63, 3.8) is 0 Å². The highest BCUT2D eigenvalue weighted by atomic mass is 79.9. The van der Waals surface area contributed by atoms with Crippen LogP contribution in [0.25, 0.3) is 0 Å². The Bertz CT molecular complexity index is 610. The summed E-state index contributed by atoms with van der Waals surface area (Å²) in [4.78, 5) is 0. The van der Waals surface area contributed by atoms with Gasteiger partial charge in [0.1, 0.15) is 18.2 Å². The fraction of sp³-hybridized carbons (Fsp3) is 0.143. The summed E-state index contributed by atoms with van der Waals surface area (Å²) < 4.78 is 20.5. The molecule has 0 aliphatic heterocycles. The zero-order chi connectivity index (χ0) is 14.5. The Balaban J connectivity index is 1.86. The molecule has 0 unspecified atom stereocenters. The topological polar surface area (TPSA) is 21.3 Å². The van der Waals surface area contributed by atoms with Gasteiger partial charge in [0.15, 0.2) is 0 Å². The van der Waals surface area contributed by atoms with Crippen molar-refractivity contribution in [2.75, 3.05) is 18.5 Å². The maximum atomic E-state index is 13.3. The number of ether oxygens (including phenoxy) is 1. The first-order valence-corrected chi connectivity index (χ1v) is 7.79. The molecular formula is C14H11Br2ClFNO. The monoisotopic (exact) mass is 421 g/mol. The van der Waals surface area contributed by atoms with E-state index in [1.165, 1.54) is 12.1 Å². The molecule has 0 bridgehead atoms. The molecule has 0 amide bonds. The van der Waals surface area contributed by atoms with Gasteiger partial charge in [-0.2, -0.15) is 0 Å². The van der Waals surface area contributed by atoms with Gasteiger partial charge in [-0.05, 0) is 40.2 Å². The molecule has 1 N–H and O–H groups in total. The summed E-state index contributed by atoms with van der Waals surface area (Å²) in [6, 6.07) is 10.6. The first-order chi connectivity index (χ1) is 9.56. The van der Waals surface area contributed by atoms with Gasteiger partial charge in [-0.15, -0.1) is 0 Å². The smallest absolute Gasteiger partial charge is 0.145 e. The molecule has 0 radical (unpaired) electrons. The predicted molar refractivity (Wildman–Crippen MR) is 87.2 cm³/mol. The fourth-order valence-electron chi connectivity index (χ4n) is 1.57. The second-order valence-corrected chi connectivity index (χ2v) is 6.16. The minimum Gasteiger partial charge on any atom is -0.490 e. The van der Waals surface area contributed by atoms with Crippen molar-refractivity contribution >= 4 is 49.1 Å². The van der Waals surface area contributed by atoms with E-state index in [4.69, 9.17) is 16.3 Å². The summed E-state index contributed by atoms with van der Waals surface area (Å²) in [5.41, 5.74) is 0.990. The lowest BCUT2D eigenvalue weighted by molar-refractivity contribution is 0.329. The van der Waals surface area contributed by atoms with E-state index in [0.29, 0.717) is 23.4 Å². The fourth-order valence-corrected chi connectivity index (χ4v) is 2.72. The number of benzene rings is 2. The van der Waals surface area contributed by atoms with Crippen molar-refractivity contribution in [2.45, 2.75) is 0 Å². The van der Waals surface area contributed by atoms with E-state index < -0.39 is 5.82 Å². The Labute approximate surface area is 138 Å². The number of rotatable bonds is 5. The van der Waals surface area contributed by atoms with Gasteiger partial charge >= 0.3 is 0 Å². The second-order valence-electron chi connectivity index (χ2n) is 3.98. The highest BCUT2D eigenvalue weighted by Gasteiger charge is 2.07. The molecule has 2 rings (SSSR count). The Morgan fingerprint density at radius 2 is 2.00 bits per heavy atom. The van der Waals surface area contributed by atoms with E-state index in [0.717, 1.165) is 10.2 Å². The Morgan fingerprint density at radius 3 is 2.75 bits per heavy atom. The quantitative estimate of drug-likeness (QED) is 0.507. The van der Waals surface area contributed by atoms with Gasteiger partial charge in [0.25, 0.3) is 0 Å². The summed E-state index contributed by atoms with van der Waals surface area (Å²) in [6.07, 6.45) is 0. The molecule has 2 nitrogen and oxygen atoms in total. The molecule has 0 heterocycles. The minimum absolute atomic E-state index is 0.0662. The molecule has 0 saturated heterocycles. The van der Waals surface area contributed by atoms with Crippen LogP contribution in [0.1, 0.15) is 0 Å². The molecule has 2 aromatic rings. The molecule has 0 aromatic heterocycles. The summed E-state index contributed by atoms with van der Waals surface area (Å²) in [6.45, 7) is 1.01. The Morgan fingerprint density at radius 1 is 1.20 bits per heavy atom. The van der Waals surface area contributed by atoms with Crippen LogP contribution < -0.4 is 10.1 Å². The normalized spacial score (nSPS) is 10.4. The van der Waals surface area contributed by atoms with Crippen LogP contribution in [0.5, 0.6) is 5.75 Å². The van der Waals surface area contributed by atoms with Crippen LogP contribution in [-0.2, 0) is 0 Å². The number of hydrogen-bond donors (Lipinski definition) is 1. The molecule has 0 fully saturated rings. The largest absolute Gasteiger partial charge is 0.490 e. The Kier molecular flexibility index (Phi) is 5.69. The lowest BCUT2D eigenvalue weighted by Gasteiger charge is -2.10. The molecule has 2 aromatic carbocycles. The van der Waals surface area contributed by atoms with Crippen molar-refractivity contribution in [1.29, 1.82) is 0 Å². The van der Waals surface area contributed by atoms with Crippen LogP contribution in [0.2, 0.25) is 5.02 Å². The summed E-state index contributed by atoms with van der Waals surface area (Å²) >= 11 is 12.4. The lowest BCUT2D eigenvalue weighted by atomic mass is 10.3. The minimum atomic E-state index is -0.496. The van der Waals surface area contributed by atoms with E-state index in [9.17, 15) is 4.39 Å². The van der Waals surface area contributed by atoms with Crippen LogP contribution in [0.3, 0.4) is 0 Å². The third kappa shape index (κ3) is 4.36. The molecule has 0 aliphatic rings. The van der Waals surface area contributed by atoms with E-state index in [2.05, 4.69) is 37.2 Å². The standard InChI is InChI=1S/C14H11Br2ClFNO/c15-9-2-1-3-10(6-9)19-4-5-20-14-8-13(18)12(17)7-11(14)16/h1-3,6-8,19H,4-5H2. The molecule has 0 atom stereocenters. The van der Waals surface area contributed by atoms with E-state index in [1.807, 2.05) is 24.3 Å². The molecular weight excluding hydrogens is 412 g/mol. The van der Waals surface area contributed by atoms with Crippen molar-refractivity contribution in [3.05, 3.63) is 56.2 Å². The van der Waals surface area contributed by atoms with E-state index >= 15 is 0 Å². The summed E-state index contributed by atoms with van der Waals surface area (Å²) in [5.74, 6) is -0.0623. The average molecular weight is 424 g/mol. The predicted octanol–water partition coefficient (Wildman–Crippen LogP) is 5.50. The van der Waals surface area contributed by atoms with Crippen LogP contribution in [0.15, 0.2) is 45.3 Å². The van der Waals surface area contributed by atoms with Gasteiger partial charge in [-0.25, -0.2) is 4.39 Å². The van der Waals surface area contributed by atoms with Gasteiger partial charge in [-0.3, -0.25) is 0 Å². The number of hydrogen-bond acceptors (Lipinski definition) is 2. The highest BCUT2D eigenvalue weighted by molar-refractivity contribution is 9.10. The van der Waals surface area contributed by atoms with Crippen LogP contribution in [0, 0.1) is 5.82 Å². The van der Waals surface area contributed by atoms with Crippen molar-refractivity contribution < 1.29 is 9.13 Å². The third-order valence-corrected chi connectivity index (χ3v) is 3.89. The maximum absolute atomic E-state index is 13.3. The van der Waals surface area contributed by atoms with Crippen molar-refractivity contribution in [2.24, 2.45) is 0 Å². The molecule has 106 valence electrons. The van der Waals surface area contributed by atoms with Gasteiger partial charge < -0.3 is 10.1 Å². The summed E-state index contributed by atoms with van der Waals surface area (Å²) in [5, 5.41) is 3.28. The average Bonchev–Trinajstić information content (AvgIpc) is 2.40. The molecule has 0 spiro atoms. The summed E-state index contributed by atoms with van der Waals surface area (Å²) in [7, 11) is 0. The first-order valence-electron chi connectivity index (χ1n) is 5.83. The second kappa shape index (κ2) is 7.29. The molecule has 0 aliphatic carbocycles. The zero-order valence-corrected chi connectivity index (χ0v) is 14.2. The van der Waals surface area contributed by atoms with Crippen molar-refractivity contribution in [1.82, 2.24) is 0 Å². The molecule has 6 heteroatoms. The van der Waals surface area contributed by atoms with Gasteiger partial charge in [0.2, 0.25) is 0 Å². The third-order valence-electron chi connectivity index (χ3n) is 2.49. The van der Waals surface area contributed by atoms with Gasteiger partial charge in [0.05, 0.1) is 9.50 Å². The van der Waals surface area contributed by atoms with E-state index in [1.54, 1.807) is 0 Å². The Hall–Kier alpha value is -0.780. The lowest BCUT2D eigenvalue weighted by Crippen LogP contribution is -2.11. The molecule has 0 saturated carbocycles. The van der Waals surface area contributed by atoms with Gasteiger partial charge in [-0.1, -0.05) is 33.6 Å². The van der Waals surface area contributed by atoms with Crippen LogP contribution in [0.4, 0.5) is 10.1 Å². The van der Waals surface area contributed by atoms with Crippen molar-refractivity contribution in [3.8, 4) is 5.75 Å². The first kappa shape index (κ1) is 15.6. The maximum Gasteiger partial charge on any atom is 0.145 e. The van der Waals surface area contributed by atoms with Gasteiger partial charge in [0, 0.05) is 22.8 Å².